The monoisotopic (exact) mass is 292 g/mol. The number of fused-ring (bicyclic) bond motifs is 2. The molecule has 0 saturated carbocycles. The SMILES string of the molecule is Clc1ccc(OCC2=CC3=CC=CC(=C2)N3)nc1Cl. The van der Waals surface area contributed by atoms with Crippen molar-refractivity contribution >= 4 is 23.2 Å². The minimum absolute atomic E-state index is 0.249. The maximum Gasteiger partial charge on any atom is 0.215 e. The number of pyridine rings is 1. The van der Waals surface area contributed by atoms with Crippen LogP contribution in [0.3, 0.4) is 0 Å². The Morgan fingerprint density at radius 2 is 2.05 bits per heavy atom. The number of halogens is 2. The molecule has 19 heavy (non-hydrogen) atoms. The van der Waals surface area contributed by atoms with E-state index in [4.69, 9.17) is 27.9 Å². The molecule has 0 saturated heterocycles. The predicted octanol–water partition coefficient (Wildman–Crippen LogP) is 3.63. The molecular weight excluding hydrogens is 283 g/mol. The molecule has 0 unspecified atom stereocenters. The number of hydrogen-bond acceptors (Lipinski definition) is 3. The van der Waals surface area contributed by atoms with Crippen molar-refractivity contribution < 1.29 is 4.74 Å². The molecule has 0 atom stereocenters. The van der Waals surface area contributed by atoms with Gasteiger partial charge in [0.15, 0.2) is 5.15 Å². The van der Waals surface area contributed by atoms with Gasteiger partial charge in [0, 0.05) is 17.5 Å². The Kier molecular flexibility index (Phi) is 3.32. The van der Waals surface area contributed by atoms with Gasteiger partial charge in [-0.1, -0.05) is 29.3 Å². The molecule has 1 aromatic rings. The van der Waals surface area contributed by atoms with Crippen molar-refractivity contribution in [1.29, 1.82) is 0 Å². The van der Waals surface area contributed by atoms with Crippen LogP contribution in [0.4, 0.5) is 0 Å². The summed E-state index contributed by atoms with van der Waals surface area (Å²) in [6, 6.07) is 3.37. The Balaban J connectivity index is 1.70. The van der Waals surface area contributed by atoms with Crippen molar-refractivity contribution in [3.63, 3.8) is 0 Å². The van der Waals surface area contributed by atoms with Gasteiger partial charge in [0.2, 0.25) is 5.88 Å². The zero-order valence-corrected chi connectivity index (χ0v) is 11.4. The Labute approximate surface area is 120 Å². The number of allylic oxidation sites excluding steroid dienone is 4. The van der Waals surface area contributed by atoms with Gasteiger partial charge >= 0.3 is 0 Å². The molecule has 0 aromatic carbocycles. The summed E-state index contributed by atoms with van der Waals surface area (Å²) in [5, 5.41) is 3.91. The molecule has 0 fully saturated rings. The number of nitrogens with one attached hydrogen (secondary N) is 1. The second kappa shape index (κ2) is 5.11. The molecule has 5 heteroatoms. The van der Waals surface area contributed by atoms with E-state index in [0.29, 0.717) is 17.5 Å². The van der Waals surface area contributed by atoms with E-state index in [2.05, 4.69) is 10.3 Å². The van der Waals surface area contributed by atoms with Gasteiger partial charge in [-0.25, -0.2) is 0 Å². The molecule has 1 N–H and O–H groups in total. The van der Waals surface area contributed by atoms with Crippen LogP contribution in [0.1, 0.15) is 0 Å². The minimum atomic E-state index is 0.249. The standard InChI is InChI=1S/C14H10Cl2N2O/c15-12-4-5-13(18-14(12)16)19-8-9-6-10-2-1-3-11(7-9)17-10/h1-7,17H,8H2. The van der Waals surface area contributed by atoms with Gasteiger partial charge in [-0.05, 0) is 35.9 Å². The number of hydrogen-bond donors (Lipinski definition) is 1. The number of ether oxygens (including phenoxy) is 1. The molecule has 0 spiro atoms. The van der Waals surface area contributed by atoms with E-state index in [0.717, 1.165) is 17.0 Å². The van der Waals surface area contributed by atoms with Gasteiger partial charge in [0.1, 0.15) is 6.61 Å². The Morgan fingerprint density at radius 1 is 1.16 bits per heavy atom. The van der Waals surface area contributed by atoms with Gasteiger partial charge in [-0.3, -0.25) is 0 Å². The van der Waals surface area contributed by atoms with Crippen LogP contribution < -0.4 is 10.1 Å². The first kappa shape index (κ1) is 12.3. The summed E-state index contributed by atoms with van der Waals surface area (Å²) in [6.07, 6.45) is 10.1. The first-order valence-electron chi connectivity index (χ1n) is 5.73. The van der Waals surface area contributed by atoms with Crippen LogP contribution in [0.15, 0.2) is 59.5 Å². The molecule has 3 rings (SSSR count). The highest BCUT2D eigenvalue weighted by atomic mass is 35.5. The van der Waals surface area contributed by atoms with Gasteiger partial charge < -0.3 is 10.1 Å². The lowest BCUT2D eigenvalue weighted by Crippen LogP contribution is -2.18. The summed E-state index contributed by atoms with van der Waals surface area (Å²) in [7, 11) is 0. The Morgan fingerprint density at radius 3 is 2.84 bits per heavy atom. The Hall–Kier alpha value is -1.71. The van der Waals surface area contributed by atoms with Gasteiger partial charge in [0.25, 0.3) is 0 Å². The van der Waals surface area contributed by atoms with Crippen LogP contribution in [0.5, 0.6) is 5.88 Å². The second-order valence-corrected chi connectivity index (χ2v) is 4.90. The maximum absolute atomic E-state index is 5.84. The molecular formula is C14H10Cl2N2O. The zero-order chi connectivity index (χ0) is 13.2. The van der Waals surface area contributed by atoms with Crippen LogP contribution in [0.25, 0.3) is 0 Å². The van der Waals surface area contributed by atoms with Crippen molar-refractivity contribution in [2.24, 2.45) is 0 Å². The smallest absolute Gasteiger partial charge is 0.215 e. The number of dihydropyridines is 1. The molecule has 3 nitrogen and oxygen atoms in total. The summed E-state index contributed by atoms with van der Waals surface area (Å²) in [5.41, 5.74) is 3.18. The van der Waals surface area contributed by atoms with E-state index in [9.17, 15) is 0 Å². The van der Waals surface area contributed by atoms with E-state index in [-0.39, 0.29) is 5.15 Å². The van der Waals surface area contributed by atoms with Crippen molar-refractivity contribution in [2.45, 2.75) is 0 Å². The third kappa shape index (κ3) is 2.83. The van der Waals surface area contributed by atoms with E-state index in [1.54, 1.807) is 12.1 Å². The van der Waals surface area contributed by atoms with Crippen LogP contribution in [0, 0.1) is 0 Å². The molecule has 0 amide bonds. The topological polar surface area (TPSA) is 34.1 Å². The summed E-state index contributed by atoms with van der Waals surface area (Å²) >= 11 is 11.6. The average molecular weight is 293 g/mol. The van der Waals surface area contributed by atoms with Crippen molar-refractivity contribution in [2.75, 3.05) is 6.61 Å². The summed E-state index contributed by atoms with van der Waals surface area (Å²) in [6.45, 7) is 0.432. The van der Waals surface area contributed by atoms with Crippen molar-refractivity contribution in [1.82, 2.24) is 10.3 Å². The first-order chi connectivity index (χ1) is 9.20. The fourth-order valence-electron chi connectivity index (χ4n) is 1.84. The second-order valence-electron chi connectivity index (χ2n) is 4.14. The van der Waals surface area contributed by atoms with E-state index in [1.165, 1.54) is 0 Å². The third-order valence-corrected chi connectivity index (χ3v) is 3.38. The van der Waals surface area contributed by atoms with Crippen molar-refractivity contribution in [3.8, 4) is 5.88 Å². The third-order valence-electron chi connectivity index (χ3n) is 2.69. The molecule has 3 heterocycles. The highest BCUT2D eigenvalue weighted by Crippen LogP contribution is 2.23. The average Bonchev–Trinajstić information content (AvgIpc) is 2.40. The minimum Gasteiger partial charge on any atom is -0.473 e. The molecule has 96 valence electrons. The maximum atomic E-state index is 5.84. The first-order valence-corrected chi connectivity index (χ1v) is 6.49. The fourth-order valence-corrected chi connectivity index (χ4v) is 2.09. The van der Waals surface area contributed by atoms with Crippen LogP contribution in [-0.2, 0) is 0 Å². The largest absolute Gasteiger partial charge is 0.473 e. The molecule has 1 aromatic heterocycles. The number of nitrogens with zero attached hydrogens (tertiary/aromatic N) is 1. The van der Waals surface area contributed by atoms with Crippen LogP contribution in [-0.4, -0.2) is 11.6 Å². The highest BCUT2D eigenvalue weighted by molar-refractivity contribution is 6.41. The number of aromatic nitrogens is 1. The Bertz CT molecular complexity index is 645. The van der Waals surface area contributed by atoms with Gasteiger partial charge in [-0.2, -0.15) is 4.98 Å². The summed E-state index contributed by atoms with van der Waals surface area (Å²) in [5.74, 6) is 0.460. The molecule has 2 aliphatic heterocycles. The number of rotatable bonds is 3. The van der Waals surface area contributed by atoms with Crippen molar-refractivity contribution in [3.05, 3.63) is 69.7 Å². The van der Waals surface area contributed by atoms with E-state index < -0.39 is 0 Å². The zero-order valence-electron chi connectivity index (χ0n) is 9.86. The lowest BCUT2D eigenvalue weighted by molar-refractivity contribution is 0.341. The summed E-state index contributed by atoms with van der Waals surface area (Å²) in [4.78, 5) is 4.05. The van der Waals surface area contributed by atoms with E-state index in [1.807, 2.05) is 30.4 Å². The van der Waals surface area contributed by atoms with E-state index >= 15 is 0 Å². The van der Waals surface area contributed by atoms with Gasteiger partial charge in [-0.15, -0.1) is 0 Å². The quantitative estimate of drug-likeness (QED) is 0.864. The lowest BCUT2D eigenvalue weighted by atomic mass is 10.1. The fraction of sp³-hybridized carbons (Fsp3) is 0.0714. The van der Waals surface area contributed by atoms with Gasteiger partial charge in [0.05, 0.1) is 5.02 Å². The predicted molar refractivity (Wildman–Crippen MR) is 76.3 cm³/mol. The normalized spacial score (nSPS) is 16.2. The lowest BCUT2D eigenvalue weighted by Gasteiger charge is -2.19. The molecule has 0 aliphatic carbocycles. The van der Waals surface area contributed by atoms with Crippen LogP contribution in [0.2, 0.25) is 10.2 Å². The molecule has 2 aliphatic rings. The highest BCUT2D eigenvalue weighted by Gasteiger charge is 2.10. The molecule has 2 bridgehead atoms. The molecule has 0 radical (unpaired) electrons. The van der Waals surface area contributed by atoms with Crippen LogP contribution >= 0.6 is 23.2 Å². The summed E-state index contributed by atoms with van der Waals surface area (Å²) < 4.78 is 5.60.